The third-order valence-corrected chi connectivity index (χ3v) is 1.57. The first-order valence-corrected chi connectivity index (χ1v) is 3.12. The maximum Gasteiger partial charge on any atom is -0.0283 e. The van der Waals surface area contributed by atoms with Crippen LogP contribution in [0.3, 0.4) is 0 Å². The number of hydrogen-bond acceptors (Lipinski definition) is 1. The molecule has 0 spiro atoms. The predicted molar refractivity (Wildman–Crippen MR) is 41.8 cm³/mol. The van der Waals surface area contributed by atoms with E-state index in [0.717, 1.165) is 0 Å². The minimum Gasteiger partial charge on any atom is -0.344 e. The zero-order chi connectivity index (χ0) is 5.98. The van der Waals surface area contributed by atoms with E-state index in [4.69, 9.17) is 0 Å². The third kappa shape index (κ3) is 2.47. The standard InChI is InChI=1S/C8H12.H3N/c1-7-3-5-8(2)6-4-7;/h3,5H,4,6H2,1-2H3;1H3. The molecule has 0 bridgehead atoms. The molecule has 52 valence electrons. The molecular formula is C8H15N. The maximum atomic E-state index is 2.21. The van der Waals surface area contributed by atoms with Gasteiger partial charge in [0.05, 0.1) is 0 Å². The summed E-state index contributed by atoms with van der Waals surface area (Å²) in [6.45, 7) is 4.37. The monoisotopic (exact) mass is 125 g/mol. The summed E-state index contributed by atoms with van der Waals surface area (Å²) >= 11 is 0. The van der Waals surface area contributed by atoms with Crippen molar-refractivity contribution in [2.75, 3.05) is 0 Å². The second-order valence-electron chi connectivity index (χ2n) is 2.53. The zero-order valence-corrected chi connectivity index (χ0v) is 6.28. The molecule has 1 nitrogen and oxygen atoms in total. The van der Waals surface area contributed by atoms with Gasteiger partial charge in [0, 0.05) is 0 Å². The van der Waals surface area contributed by atoms with Crippen molar-refractivity contribution in [3.63, 3.8) is 0 Å². The molecule has 0 aromatic carbocycles. The van der Waals surface area contributed by atoms with Crippen LogP contribution in [0.2, 0.25) is 0 Å². The van der Waals surface area contributed by atoms with Gasteiger partial charge in [-0.1, -0.05) is 23.3 Å². The first-order valence-electron chi connectivity index (χ1n) is 3.12. The lowest BCUT2D eigenvalue weighted by molar-refractivity contribution is 0.906. The van der Waals surface area contributed by atoms with Crippen LogP contribution in [-0.4, -0.2) is 0 Å². The average Bonchev–Trinajstić information content (AvgIpc) is 1.77. The van der Waals surface area contributed by atoms with Gasteiger partial charge in [0.25, 0.3) is 0 Å². The minimum atomic E-state index is 0. The van der Waals surface area contributed by atoms with E-state index in [-0.39, 0.29) is 6.15 Å². The molecule has 3 N–H and O–H groups in total. The zero-order valence-electron chi connectivity index (χ0n) is 6.28. The summed E-state index contributed by atoms with van der Waals surface area (Å²) in [5, 5.41) is 0. The molecule has 0 aliphatic heterocycles. The highest BCUT2D eigenvalue weighted by molar-refractivity contribution is 5.20. The number of hydrogen-bond donors (Lipinski definition) is 1. The summed E-state index contributed by atoms with van der Waals surface area (Å²) in [7, 11) is 0. The fourth-order valence-corrected chi connectivity index (χ4v) is 0.846. The van der Waals surface area contributed by atoms with Crippen LogP contribution in [0.4, 0.5) is 0 Å². The Hall–Kier alpha value is -0.560. The second-order valence-corrected chi connectivity index (χ2v) is 2.53. The van der Waals surface area contributed by atoms with Gasteiger partial charge >= 0.3 is 0 Å². The average molecular weight is 125 g/mol. The van der Waals surface area contributed by atoms with Crippen LogP contribution in [0.5, 0.6) is 0 Å². The SMILES string of the molecule is CC1=CC=C(C)CC1.N. The normalized spacial score (nSPS) is 17.6. The Kier molecular flexibility index (Phi) is 3.25. The van der Waals surface area contributed by atoms with Crippen molar-refractivity contribution in [1.29, 1.82) is 0 Å². The molecule has 0 atom stereocenters. The number of rotatable bonds is 0. The van der Waals surface area contributed by atoms with Gasteiger partial charge in [-0.05, 0) is 26.7 Å². The molecular weight excluding hydrogens is 110 g/mol. The Morgan fingerprint density at radius 1 is 1.00 bits per heavy atom. The molecule has 1 aliphatic rings. The van der Waals surface area contributed by atoms with E-state index >= 15 is 0 Å². The number of allylic oxidation sites excluding steroid dienone is 4. The van der Waals surface area contributed by atoms with Crippen molar-refractivity contribution >= 4 is 0 Å². The van der Waals surface area contributed by atoms with Crippen molar-refractivity contribution in [1.82, 2.24) is 6.15 Å². The predicted octanol–water partition coefficient (Wildman–Crippen LogP) is 2.83. The Morgan fingerprint density at radius 3 is 1.56 bits per heavy atom. The summed E-state index contributed by atoms with van der Waals surface area (Å²) in [6.07, 6.45) is 6.95. The lowest BCUT2D eigenvalue weighted by atomic mass is 10.0. The molecule has 0 radical (unpaired) electrons. The molecule has 0 aromatic rings. The fraction of sp³-hybridized carbons (Fsp3) is 0.500. The van der Waals surface area contributed by atoms with Gasteiger partial charge in [0.1, 0.15) is 0 Å². The van der Waals surface area contributed by atoms with Crippen molar-refractivity contribution < 1.29 is 0 Å². The quantitative estimate of drug-likeness (QED) is 0.530. The highest BCUT2D eigenvalue weighted by atomic mass is 14.0. The van der Waals surface area contributed by atoms with E-state index in [1.807, 2.05) is 0 Å². The molecule has 0 heterocycles. The molecule has 0 fully saturated rings. The van der Waals surface area contributed by atoms with E-state index in [1.54, 1.807) is 0 Å². The van der Waals surface area contributed by atoms with Crippen LogP contribution in [-0.2, 0) is 0 Å². The Morgan fingerprint density at radius 2 is 1.33 bits per heavy atom. The van der Waals surface area contributed by atoms with Crippen molar-refractivity contribution in [3.05, 3.63) is 23.3 Å². The van der Waals surface area contributed by atoms with Crippen LogP contribution < -0.4 is 6.15 Å². The van der Waals surface area contributed by atoms with Crippen LogP contribution in [0.25, 0.3) is 0 Å². The van der Waals surface area contributed by atoms with Gasteiger partial charge in [-0.25, -0.2) is 0 Å². The maximum absolute atomic E-state index is 2.21. The van der Waals surface area contributed by atoms with Crippen molar-refractivity contribution in [3.8, 4) is 0 Å². The van der Waals surface area contributed by atoms with Crippen LogP contribution in [0.1, 0.15) is 26.7 Å². The Labute approximate surface area is 57.0 Å². The van der Waals surface area contributed by atoms with Crippen molar-refractivity contribution in [2.24, 2.45) is 0 Å². The molecule has 1 rings (SSSR count). The smallest absolute Gasteiger partial charge is 0.0283 e. The molecule has 0 unspecified atom stereocenters. The summed E-state index contributed by atoms with van der Waals surface area (Å²) in [4.78, 5) is 0. The molecule has 0 saturated heterocycles. The summed E-state index contributed by atoms with van der Waals surface area (Å²) in [5.74, 6) is 0. The Bertz CT molecular complexity index is 125. The first kappa shape index (κ1) is 8.44. The lowest BCUT2D eigenvalue weighted by Crippen LogP contribution is -1.85. The van der Waals surface area contributed by atoms with E-state index in [9.17, 15) is 0 Å². The Balaban J connectivity index is 0.000000640. The fourth-order valence-electron chi connectivity index (χ4n) is 0.846. The molecule has 0 amide bonds. The molecule has 1 heteroatoms. The summed E-state index contributed by atoms with van der Waals surface area (Å²) in [6, 6.07) is 0. The van der Waals surface area contributed by atoms with Crippen LogP contribution in [0.15, 0.2) is 23.3 Å². The van der Waals surface area contributed by atoms with Gasteiger partial charge in [-0.2, -0.15) is 0 Å². The van der Waals surface area contributed by atoms with Gasteiger partial charge in [0.15, 0.2) is 0 Å². The largest absolute Gasteiger partial charge is 0.344 e. The lowest BCUT2D eigenvalue weighted by Gasteiger charge is -2.05. The van der Waals surface area contributed by atoms with Gasteiger partial charge in [-0.3, -0.25) is 0 Å². The van der Waals surface area contributed by atoms with Gasteiger partial charge in [0.2, 0.25) is 0 Å². The van der Waals surface area contributed by atoms with Crippen molar-refractivity contribution in [2.45, 2.75) is 26.7 Å². The summed E-state index contributed by atoms with van der Waals surface area (Å²) < 4.78 is 0. The highest BCUT2D eigenvalue weighted by Crippen LogP contribution is 2.15. The van der Waals surface area contributed by atoms with E-state index in [1.165, 1.54) is 24.0 Å². The molecule has 9 heavy (non-hydrogen) atoms. The molecule has 0 aromatic heterocycles. The minimum absolute atomic E-state index is 0. The van der Waals surface area contributed by atoms with E-state index < -0.39 is 0 Å². The van der Waals surface area contributed by atoms with E-state index in [0.29, 0.717) is 0 Å². The van der Waals surface area contributed by atoms with Gasteiger partial charge < -0.3 is 6.15 Å². The third-order valence-electron chi connectivity index (χ3n) is 1.57. The molecule has 0 saturated carbocycles. The first-order chi connectivity index (χ1) is 3.79. The highest BCUT2D eigenvalue weighted by Gasteiger charge is 1.95. The summed E-state index contributed by atoms with van der Waals surface area (Å²) in [5.41, 5.74) is 3.02. The van der Waals surface area contributed by atoms with E-state index in [2.05, 4.69) is 26.0 Å². The second kappa shape index (κ2) is 3.46. The van der Waals surface area contributed by atoms with Gasteiger partial charge in [-0.15, -0.1) is 0 Å². The topological polar surface area (TPSA) is 35.0 Å². The van der Waals surface area contributed by atoms with Crippen LogP contribution in [0, 0.1) is 0 Å². The van der Waals surface area contributed by atoms with Crippen LogP contribution >= 0.6 is 0 Å². The molecule has 1 aliphatic carbocycles.